The number of aliphatic hydroxyl groups excluding tert-OH is 1. The first-order chi connectivity index (χ1) is 10.3. The van der Waals surface area contributed by atoms with Crippen molar-refractivity contribution in [3.05, 3.63) is 70.2 Å². The predicted molar refractivity (Wildman–Crippen MR) is 89.3 cm³/mol. The Kier molecular flexibility index (Phi) is 4.73. The predicted octanol–water partition coefficient (Wildman–Crippen LogP) is 4.02. The lowest BCUT2D eigenvalue weighted by molar-refractivity contribution is 0.197. The van der Waals surface area contributed by atoms with Crippen molar-refractivity contribution in [3.8, 4) is 0 Å². The van der Waals surface area contributed by atoms with E-state index in [0.717, 1.165) is 18.4 Å². The Morgan fingerprint density at radius 3 is 2.38 bits per heavy atom. The summed E-state index contributed by atoms with van der Waals surface area (Å²) in [7, 11) is 0. The molecule has 21 heavy (non-hydrogen) atoms. The van der Waals surface area contributed by atoms with Gasteiger partial charge in [-0.05, 0) is 36.0 Å². The third-order valence-corrected chi connectivity index (χ3v) is 5.03. The van der Waals surface area contributed by atoms with Crippen LogP contribution in [-0.2, 0) is 0 Å². The van der Waals surface area contributed by atoms with Crippen molar-refractivity contribution >= 4 is 15.9 Å². The van der Waals surface area contributed by atoms with Gasteiger partial charge in [-0.2, -0.15) is 0 Å². The highest BCUT2D eigenvalue weighted by molar-refractivity contribution is 9.10. The summed E-state index contributed by atoms with van der Waals surface area (Å²) in [5, 5.41) is 13.2. The van der Waals surface area contributed by atoms with E-state index in [1.54, 1.807) is 0 Å². The zero-order chi connectivity index (χ0) is 14.7. The van der Waals surface area contributed by atoms with Gasteiger partial charge >= 0.3 is 0 Å². The Morgan fingerprint density at radius 2 is 1.71 bits per heavy atom. The van der Waals surface area contributed by atoms with Crippen molar-refractivity contribution in [2.24, 2.45) is 0 Å². The summed E-state index contributed by atoms with van der Waals surface area (Å²) in [6.45, 7) is 0.139. The second kappa shape index (κ2) is 6.73. The minimum Gasteiger partial charge on any atom is -0.394 e. The molecule has 110 valence electrons. The van der Waals surface area contributed by atoms with E-state index in [1.165, 1.54) is 10.0 Å². The summed E-state index contributed by atoms with van der Waals surface area (Å²) in [6.07, 6.45) is 2.26. The van der Waals surface area contributed by atoms with Gasteiger partial charge in [-0.3, -0.25) is 0 Å². The molecule has 0 saturated heterocycles. The maximum Gasteiger partial charge on any atom is 0.0626 e. The third-order valence-electron chi connectivity index (χ3n) is 4.30. The number of aliphatic hydroxyl groups is 1. The molecule has 0 amide bonds. The first-order valence-electron chi connectivity index (χ1n) is 7.44. The van der Waals surface area contributed by atoms with Crippen molar-refractivity contribution in [1.82, 2.24) is 5.32 Å². The molecule has 0 aromatic heterocycles. The Bertz CT molecular complexity index is 581. The first kappa shape index (κ1) is 14.8. The molecule has 1 atom stereocenters. The number of rotatable bonds is 5. The van der Waals surface area contributed by atoms with Crippen LogP contribution in [0.25, 0.3) is 0 Å². The molecular formula is C18H20BrNO. The van der Waals surface area contributed by atoms with Crippen LogP contribution in [0.3, 0.4) is 0 Å². The molecule has 0 unspecified atom stereocenters. The Balaban J connectivity index is 1.58. The summed E-state index contributed by atoms with van der Waals surface area (Å²) in [5.41, 5.74) is 2.56. The minimum atomic E-state index is 0.0383. The van der Waals surface area contributed by atoms with Crippen molar-refractivity contribution in [3.63, 3.8) is 0 Å². The lowest BCUT2D eigenvalue weighted by Crippen LogP contribution is -2.43. The molecule has 3 rings (SSSR count). The van der Waals surface area contributed by atoms with Crippen LogP contribution in [0.4, 0.5) is 0 Å². The standard InChI is InChI=1S/C18H20BrNO/c19-17-9-5-4-8-16(17)14-10-15(11-14)20-18(12-21)13-6-2-1-3-7-13/h1-9,14-15,18,20-21H,10-12H2/t14?,15?,18-/m0/s1. The van der Waals surface area contributed by atoms with E-state index < -0.39 is 0 Å². The summed E-state index contributed by atoms with van der Waals surface area (Å²) < 4.78 is 1.20. The first-order valence-corrected chi connectivity index (χ1v) is 8.23. The third kappa shape index (κ3) is 3.37. The fraction of sp³-hybridized carbons (Fsp3) is 0.333. The van der Waals surface area contributed by atoms with Gasteiger partial charge in [0, 0.05) is 10.5 Å². The topological polar surface area (TPSA) is 32.3 Å². The average Bonchev–Trinajstić information content (AvgIpc) is 2.48. The largest absolute Gasteiger partial charge is 0.394 e. The average molecular weight is 346 g/mol. The van der Waals surface area contributed by atoms with Crippen molar-refractivity contribution in [2.75, 3.05) is 6.61 Å². The van der Waals surface area contributed by atoms with Gasteiger partial charge in [0.05, 0.1) is 12.6 Å². The maximum absolute atomic E-state index is 9.61. The zero-order valence-corrected chi connectivity index (χ0v) is 13.5. The van der Waals surface area contributed by atoms with Gasteiger partial charge in [-0.25, -0.2) is 0 Å². The highest BCUT2D eigenvalue weighted by Crippen LogP contribution is 2.40. The van der Waals surface area contributed by atoms with Gasteiger partial charge in [-0.1, -0.05) is 64.5 Å². The number of nitrogens with one attached hydrogen (secondary N) is 1. The minimum absolute atomic E-state index is 0.0383. The fourth-order valence-electron chi connectivity index (χ4n) is 3.04. The molecule has 0 spiro atoms. The van der Waals surface area contributed by atoms with Crippen LogP contribution < -0.4 is 5.32 Å². The molecule has 0 aliphatic heterocycles. The zero-order valence-electron chi connectivity index (χ0n) is 11.9. The monoisotopic (exact) mass is 345 g/mol. The summed E-state index contributed by atoms with van der Waals surface area (Å²) in [4.78, 5) is 0. The maximum atomic E-state index is 9.61. The summed E-state index contributed by atoms with van der Waals surface area (Å²) in [5.74, 6) is 0.619. The number of hydrogen-bond donors (Lipinski definition) is 2. The molecule has 1 saturated carbocycles. The van der Waals surface area contributed by atoms with Gasteiger partial charge < -0.3 is 10.4 Å². The molecule has 0 heterocycles. The highest BCUT2D eigenvalue weighted by atomic mass is 79.9. The van der Waals surface area contributed by atoms with E-state index >= 15 is 0 Å². The Hall–Kier alpha value is -1.16. The van der Waals surface area contributed by atoms with Crippen LogP contribution in [-0.4, -0.2) is 17.8 Å². The molecular weight excluding hydrogens is 326 g/mol. The Labute approximate surface area is 134 Å². The van der Waals surface area contributed by atoms with Crippen molar-refractivity contribution < 1.29 is 5.11 Å². The van der Waals surface area contributed by atoms with E-state index in [-0.39, 0.29) is 12.6 Å². The lowest BCUT2D eigenvalue weighted by atomic mass is 9.75. The van der Waals surface area contributed by atoms with Gasteiger partial charge in [0.2, 0.25) is 0 Å². The van der Waals surface area contributed by atoms with E-state index in [0.29, 0.717) is 12.0 Å². The van der Waals surface area contributed by atoms with E-state index in [1.807, 2.05) is 18.2 Å². The lowest BCUT2D eigenvalue weighted by Gasteiger charge is -2.39. The normalized spacial score (nSPS) is 22.6. The molecule has 2 aromatic carbocycles. The van der Waals surface area contributed by atoms with Gasteiger partial charge in [0.1, 0.15) is 0 Å². The van der Waals surface area contributed by atoms with E-state index in [9.17, 15) is 5.11 Å². The molecule has 2 N–H and O–H groups in total. The van der Waals surface area contributed by atoms with Crippen LogP contribution >= 0.6 is 15.9 Å². The molecule has 1 aliphatic carbocycles. The molecule has 1 aliphatic rings. The van der Waals surface area contributed by atoms with Crippen LogP contribution in [0.5, 0.6) is 0 Å². The molecule has 2 nitrogen and oxygen atoms in total. The second-order valence-corrected chi connectivity index (χ2v) is 6.55. The number of benzene rings is 2. The van der Waals surface area contributed by atoms with Crippen LogP contribution in [0.2, 0.25) is 0 Å². The molecule has 3 heteroatoms. The van der Waals surface area contributed by atoms with E-state index in [2.05, 4.69) is 57.6 Å². The second-order valence-electron chi connectivity index (χ2n) is 5.70. The van der Waals surface area contributed by atoms with Crippen molar-refractivity contribution in [2.45, 2.75) is 30.8 Å². The van der Waals surface area contributed by atoms with Crippen LogP contribution in [0, 0.1) is 0 Å². The molecule has 1 fully saturated rings. The molecule has 2 aromatic rings. The van der Waals surface area contributed by atoms with Gasteiger partial charge in [-0.15, -0.1) is 0 Å². The number of hydrogen-bond acceptors (Lipinski definition) is 2. The van der Waals surface area contributed by atoms with Crippen molar-refractivity contribution in [1.29, 1.82) is 0 Å². The number of halogens is 1. The summed E-state index contributed by atoms with van der Waals surface area (Å²) >= 11 is 3.63. The highest BCUT2D eigenvalue weighted by Gasteiger charge is 2.32. The SMILES string of the molecule is OC[C@H](NC1CC(c2ccccc2Br)C1)c1ccccc1. The van der Waals surface area contributed by atoms with Gasteiger partial charge in [0.15, 0.2) is 0 Å². The smallest absolute Gasteiger partial charge is 0.0626 e. The fourth-order valence-corrected chi connectivity index (χ4v) is 3.65. The van der Waals surface area contributed by atoms with E-state index in [4.69, 9.17) is 0 Å². The van der Waals surface area contributed by atoms with Crippen LogP contribution in [0.1, 0.15) is 35.9 Å². The molecule has 0 bridgehead atoms. The summed E-state index contributed by atoms with van der Waals surface area (Å²) in [6, 6.07) is 19.2. The van der Waals surface area contributed by atoms with Gasteiger partial charge in [0.25, 0.3) is 0 Å². The Morgan fingerprint density at radius 1 is 1.05 bits per heavy atom. The van der Waals surface area contributed by atoms with Crippen LogP contribution in [0.15, 0.2) is 59.1 Å². The quantitative estimate of drug-likeness (QED) is 0.857. The molecule has 0 radical (unpaired) electrons.